The smallest absolute Gasteiger partial charge is 0.372 e. The Bertz CT molecular complexity index is 605. The molecule has 7 nitrogen and oxygen atoms in total. The van der Waals surface area contributed by atoms with Gasteiger partial charge in [0.05, 0.1) is 0 Å². The van der Waals surface area contributed by atoms with Crippen LogP contribution in [0.15, 0.2) is 16.8 Å². The maximum absolute atomic E-state index is 10.8. The zero-order chi connectivity index (χ0) is 12.4. The van der Waals surface area contributed by atoms with Gasteiger partial charge in [-0.1, -0.05) is 0 Å². The van der Waals surface area contributed by atoms with Crippen LogP contribution < -0.4 is 0 Å². The lowest BCUT2D eigenvalue weighted by atomic mass is 10.2. The molecule has 2 aromatic heterocycles. The van der Waals surface area contributed by atoms with Gasteiger partial charge in [-0.05, 0) is 13.0 Å². The number of carbonyl (C=O) groups is 1. The molecular weight excluding hydrogens is 224 g/mol. The number of hydrogen-bond donors (Lipinski definition) is 1. The first-order valence-electron chi connectivity index (χ1n) is 4.72. The Morgan fingerprint density at radius 3 is 3.00 bits per heavy atom. The Morgan fingerprint density at radius 1 is 1.71 bits per heavy atom. The Labute approximate surface area is 95.9 Å². The van der Waals surface area contributed by atoms with E-state index in [0.717, 1.165) is 0 Å². The monoisotopic (exact) mass is 232 g/mol. The lowest BCUT2D eigenvalue weighted by molar-refractivity contribution is 0.0659. The maximum atomic E-state index is 10.8. The highest BCUT2D eigenvalue weighted by Gasteiger charge is 2.14. The fourth-order valence-electron chi connectivity index (χ4n) is 1.42. The van der Waals surface area contributed by atoms with Gasteiger partial charge in [-0.25, -0.2) is 14.5 Å². The SMILES string of the molecule is Cc1cc(Cn2cnc(C#N)n2)oc1C(=O)O. The highest BCUT2D eigenvalue weighted by molar-refractivity contribution is 5.86. The summed E-state index contributed by atoms with van der Waals surface area (Å²) in [6, 6.07) is 3.42. The van der Waals surface area contributed by atoms with Gasteiger partial charge in [0.1, 0.15) is 24.7 Å². The van der Waals surface area contributed by atoms with Crippen LogP contribution >= 0.6 is 0 Å². The molecule has 0 saturated carbocycles. The highest BCUT2D eigenvalue weighted by atomic mass is 16.4. The minimum atomic E-state index is -1.11. The predicted octanol–water partition coefficient (Wildman–Crippen LogP) is 0.798. The van der Waals surface area contributed by atoms with Crippen molar-refractivity contribution in [2.75, 3.05) is 0 Å². The number of nitrogens with zero attached hydrogens (tertiary/aromatic N) is 4. The molecule has 0 fully saturated rings. The first-order chi connectivity index (χ1) is 8.10. The number of rotatable bonds is 3. The second-order valence-electron chi connectivity index (χ2n) is 3.41. The summed E-state index contributed by atoms with van der Waals surface area (Å²) < 4.78 is 6.56. The van der Waals surface area contributed by atoms with Crippen molar-refractivity contribution in [2.45, 2.75) is 13.5 Å². The van der Waals surface area contributed by atoms with E-state index < -0.39 is 5.97 Å². The molecule has 2 heterocycles. The van der Waals surface area contributed by atoms with Crippen molar-refractivity contribution in [3.63, 3.8) is 0 Å². The summed E-state index contributed by atoms with van der Waals surface area (Å²) in [4.78, 5) is 14.5. The van der Waals surface area contributed by atoms with Crippen LogP contribution in [0.5, 0.6) is 0 Å². The van der Waals surface area contributed by atoms with Crippen molar-refractivity contribution in [3.8, 4) is 6.07 Å². The van der Waals surface area contributed by atoms with Crippen LogP contribution in [0.1, 0.15) is 27.7 Å². The van der Waals surface area contributed by atoms with Crippen LogP contribution in [0.2, 0.25) is 0 Å². The van der Waals surface area contributed by atoms with Gasteiger partial charge >= 0.3 is 5.97 Å². The Morgan fingerprint density at radius 2 is 2.47 bits per heavy atom. The summed E-state index contributed by atoms with van der Waals surface area (Å²) in [6.07, 6.45) is 1.39. The highest BCUT2D eigenvalue weighted by Crippen LogP contribution is 2.15. The maximum Gasteiger partial charge on any atom is 0.372 e. The number of nitriles is 1. The molecule has 7 heteroatoms. The molecule has 0 atom stereocenters. The number of aryl methyl sites for hydroxylation is 1. The largest absolute Gasteiger partial charge is 0.475 e. The molecule has 0 bridgehead atoms. The molecule has 86 valence electrons. The van der Waals surface area contributed by atoms with Crippen LogP contribution in [0.3, 0.4) is 0 Å². The van der Waals surface area contributed by atoms with E-state index in [1.807, 2.05) is 0 Å². The molecule has 0 amide bonds. The Balaban J connectivity index is 2.22. The van der Waals surface area contributed by atoms with E-state index in [1.54, 1.807) is 19.1 Å². The van der Waals surface area contributed by atoms with Crippen molar-refractivity contribution in [3.05, 3.63) is 35.3 Å². The van der Waals surface area contributed by atoms with Gasteiger partial charge < -0.3 is 9.52 Å². The Hall–Kier alpha value is -2.62. The molecule has 0 aliphatic carbocycles. The van der Waals surface area contributed by atoms with Crippen LogP contribution in [0, 0.1) is 18.3 Å². The lowest BCUT2D eigenvalue weighted by Gasteiger charge is -1.95. The van der Waals surface area contributed by atoms with Crippen LogP contribution in [0.4, 0.5) is 0 Å². The van der Waals surface area contributed by atoms with Crippen molar-refractivity contribution < 1.29 is 14.3 Å². The summed E-state index contributed by atoms with van der Waals surface area (Å²) >= 11 is 0. The van der Waals surface area contributed by atoms with E-state index in [-0.39, 0.29) is 18.1 Å². The fourth-order valence-corrected chi connectivity index (χ4v) is 1.42. The molecule has 17 heavy (non-hydrogen) atoms. The number of carboxylic acid groups (broad SMARTS) is 1. The number of furan rings is 1. The molecule has 0 aliphatic rings. The number of aromatic nitrogens is 3. The molecule has 2 rings (SSSR count). The number of carboxylic acids is 1. The summed E-state index contributed by atoms with van der Waals surface area (Å²) in [6.45, 7) is 1.89. The van der Waals surface area contributed by atoms with Crippen molar-refractivity contribution in [1.29, 1.82) is 5.26 Å². The zero-order valence-electron chi connectivity index (χ0n) is 8.91. The predicted molar refractivity (Wildman–Crippen MR) is 54.2 cm³/mol. The number of hydrogen-bond acceptors (Lipinski definition) is 5. The normalized spacial score (nSPS) is 10.1. The fraction of sp³-hybridized carbons (Fsp3) is 0.200. The van der Waals surface area contributed by atoms with Gasteiger partial charge in [0.25, 0.3) is 5.82 Å². The zero-order valence-corrected chi connectivity index (χ0v) is 8.91. The summed E-state index contributed by atoms with van der Waals surface area (Å²) in [5.41, 5.74) is 0.549. The van der Waals surface area contributed by atoms with Gasteiger partial charge in [-0.2, -0.15) is 5.26 Å². The van der Waals surface area contributed by atoms with E-state index in [1.165, 1.54) is 11.0 Å². The van der Waals surface area contributed by atoms with Gasteiger partial charge in [0, 0.05) is 5.56 Å². The van der Waals surface area contributed by atoms with Crippen molar-refractivity contribution in [1.82, 2.24) is 14.8 Å². The van der Waals surface area contributed by atoms with E-state index in [9.17, 15) is 4.79 Å². The second-order valence-corrected chi connectivity index (χ2v) is 3.41. The van der Waals surface area contributed by atoms with E-state index in [2.05, 4.69) is 10.1 Å². The number of aromatic carboxylic acids is 1. The van der Waals surface area contributed by atoms with Crippen molar-refractivity contribution >= 4 is 5.97 Å². The summed E-state index contributed by atoms with van der Waals surface area (Å²) in [5, 5.41) is 21.2. The van der Waals surface area contributed by atoms with Crippen molar-refractivity contribution in [2.24, 2.45) is 0 Å². The molecule has 0 aliphatic heterocycles. The van der Waals surface area contributed by atoms with Gasteiger partial charge in [0.15, 0.2) is 0 Å². The standard InChI is InChI=1S/C10H8N4O3/c1-6-2-7(17-9(6)10(15)16)4-14-5-12-8(3-11)13-14/h2,5H,4H2,1H3,(H,15,16). The molecular formula is C10H8N4O3. The van der Waals surface area contributed by atoms with E-state index >= 15 is 0 Å². The van der Waals surface area contributed by atoms with Gasteiger partial charge in [-0.15, -0.1) is 5.10 Å². The molecule has 0 aromatic carbocycles. The topological polar surface area (TPSA) is 105 Å². The minimum Gasteiger partial charge on any atom is -0.475 e. The molecule has 2 aromatic rings. The quantitative estimate of drug-likeness (QED) is 0.838. The van der Waals surface area contributed by atoms with E-state index in [0.29, 0.717) is 11.3 Å². The average Bonchev–Trinajstić information content (AvgIpc) is 2.85. The van der Waals surface area contributed by atoms with Gasteiger partial charge in [0.2, 0.25) is 5.76 Å². The van der Waals surface area contributed by atoms with Gasteiger partial charge in [-0.3, -0.25) is 0 Å². The van der Waals surface area contributed by atoms with Crippen LogP contribution in [-0.4, -0.2) is 25.8 Å². The van der Waals surface area contributed by atoms with Crippen LogP contribution in [-0.2, 0) is 6.54 Å². The molecule has 0 unspecified atom stereocenters. The first kappa shape index (κ1) is 10.9. The third-order valence-electron chi connectivity index (χ3n) is 2.12. The Kier molecular flexibility index (Phi) is 2.62. The second kappa shape index (κ2) is 4.09. The third kappa shape index (κ3) is 2.15. The molecule has 1 N–H and O–H groups in total. The minimum absolute atomic E-state index is 0.0618. The average molecular weight is 232 g/mol. The molecule has 0 spiro atoms. The lowest BCUT2D eigenvalue weighted by Crippen LogP contribution is -1.99. The molecule has 0 radical (unpaired) electrons. The molecule has 0 saturated heterocycles. The summed E-state index contributed by atoms with van der Waals surface area (Å²) in [7, 11) is 0. The first-order valence-corrected chi connectivity index (χ1v) is 4.72. The van der Waals surface area contributed by atoms with E-state index in [4.69, 9.17) is 14.8 Å². The van der Waals surface area contributed by atoms with Crippen LogP contribution in [0.25, 0.3) is 0 Å². The summed E-state index contributed by atoms with van der Waals surface area (Å²) in [5.74, 6) is -0.674. The third-order valence-corrected chi connectivity index (χ3v) is 2.12.